The van der Waals surface area contributed by atoms with Gasteiger partial charge in [0.1, 0.15) is 5.76 Å². The number of rotatable bonds is 3. The predicted molar refractivity (Wildman–Crippen MR) is 67.3 cm³/mol. The Balaban J connectivity index is 1.84. The average Bonchev–Trinajstić information content (AvgIpc) is 2.82. The molecule has 1 aromatic heterocycles. The zero-order valence-electron chi connectivity index (χ0n) is 10.2. The Hall–Kier alpha value is -1.51. The van der Waals surface area contributed by atoms with Crippen molar-refractivity contribution < 1.29 is 9.21 Å². The van der Waals surface area contributed by atoms with Crippen LogP contribution in [0.3, 0.4) is 0 Å². The van der Waals surface area contributed by atoms with E-state index in [9.17, 15) is 4.79 Å². The molecule has 0 aromatic carbocycles. The van der Waals surface area contributed by atoms with Gasteiger partial charge in [0.15, 0.2) is 0 Å². The molecule has 2 atom stereocenters. The highest BCUT2D eigenvalue weighted by molar-refractivity contribution is 5.91. The van der Waals surface area contributed by atoms with E-state index in [2.05, 4.69) is 12.2 Å². The first-order valence-corrected chi connectivity index (χ1v) is 6.28. The Kier molecular flexibility index (Phi) is 4.02. The molecule has 1 aliphatic rings. The van der Waals surface area contributed by atoms with Gasteiger partial charge in [-0.15, -0.1) is 0 Å². The van der Waals surface area contributed by atoms with E-state index in [0.29, 0.717) is 17.7 Å². The van der Waals surface area contributed by atoms with Crippen LogP contribution >= 0.6 is 0 Å². The lowest BCUT2D eigenvalue weighted by molar-refractivity contribution is -0.117. The number of amides is 1. The Morgan fingerprint density at radius 1 is 1.47 bits per heavy atom. The SMILES string of the molecule is C[C@H]1CCCC[C@@H]1NC(=O)/C=C/c1ccco1. The molecule has 1 aromatic rings. The van der Waals surface area contributed by atoms with Gasteiger partial charge in [0, 0.05) is 12.1 Å². The molecule has 0 unspecified atom stereocenters. The van der Waals surface area contributed by atoms with Gasteiger partial charge in [-0.3, -0.25) is 4.79 Å². The van der Waals surface area contributed by atoms with Gasteiger partial charge in [0.2, 0.25) is 5.91 Å². The van der Waals surface area contributed by atoms with E-state index in [0.717, 1.165) is 6.42 Å². The lowest BCUT2D eigenvalue weighted by Crippen LogP contribution is -2.40. The zero-order valence-corrected chi connectivity index (χ0v) is 10.2. The largest absolute Gasteiger partial charge is 0.465 e. The topological polar surface area (TPSA) is 42.2 Å². The van der Waals surface area contributed by atoms with Gasteiger partial charge in [0.25, 0.3) is 0 Å². The summed E-state index contributed by atoms with van der Waals surface area (Å²) < 4.78 is 5.13. The van der Waals surface area contributed by atoms with Crippen LogP contribution in [0.25, 0.3) is 6.08 Å². The van der Waals surface area contributed by atoms with Crippen LogP contribution in [0, 0.1) is 5.92 Å². The fourth-order valence-corrected chi connectivity index (χ4v) is 2.31. The molecule has 0 radical (unpaired) electrons. The van der Waals surface area contributed by atoms with E-state index in [1.54, 1.807) is 24.5 Å². The van der Waals surface area contributed by atoms with Crippen molar-refractivity contribution in [3.8, 4) is 0 Å². The smallest absolute Gasteiger partial charge is 0.244 e. The van der Waals surface area contributed by atoms with Crippen molar-refractivity contribution in [2.75, 3.05) is 0 Å². The summed E-state index contributed by atoms with van der Waals surface area (Å²) in [7, 11) is 0. The van der Waals surface area contributed by atoms with E-state index in [4.69, 9.17) is 4.42 Å². The van der Waals surface area contributed by atoms with Crippen molar-refractivity contribution in [2.45, 2.75) is 38.6 Å². The molecule has 1 aliphatic carbocycles. The van der Waals surface area contributed by atoms with E-state index in [1.807, 2.05) is 6.07 Å². The lowest BCUT2D eigenvalue weighted by atomic mass is 9.86. The van der Waals surface area contributed by atoms with Crippen LogP contribution in [0.4, 0.5) is 0 Å². The summed E-state index contributed by atoms with van der Waals surface area (Å²) in [6, 6.07) is 3.96. The molecule has 92 valence electrons. The molecule has 3 heteroatoms. The van der Waals surface area contributed by atoms with Crippen LogP contribution in [0.2, 0.25) is 0 Å². The number of nitrogens with one attached hydrogen (secondary N) is 1. The van der Waals surface area contributed by atoms with E-state index >= 15 is 0 Å². The van der Waals surface area contributed by atoms with Crippen LogP contribution in [0.15, 0.2) is 28.9 Å². The summed E-state index contributed by atoms with van der Waals surface area (Å²) in [6.45, 7) is 2.21. The number of hydrogen-bond acceptors (Lipinski definition) is 2. The van der Waals surface area contributed by atoms with Gasteiger partial charge >= 0.3 is 0 Å². The molecule has 1 N–H and O–H groups in total. The van der Waals surface area contributed by atoms with Gasteiger partial charge < -0.3 is 9.73 Å². The quantitative estimate of drug-likeness (QED) is 0.815. The summed E-state index contributed by atoms with van der Waals surface area (Å²) >= 11 is 0. The molecular weight excluding hydrogens is 214 g/mol. The molecule has 17 heavy (non-hydrogen) atoms. The highest BCUT2D eigenvalue weighted by Crippen LogP contribution is 2.23. The van der Waals surface area contributed by atoms with Crippen LogP contribution in [-0.2, 0) is 4.79 Å². The summed E-state index contributed by atoms with van der Waals surface area (Å²) in [5, 5.41) is 3.06. The van der Waals surface area contributed by atoms with Gasteiger partial charge in [-0.1, -0.05) is 19.8 Å². The van der Waals surface area contributed by atoms with Gasteiger partial charge in [-0.05, 0) is 37.0 Å². The first-order chi connectivity index (χ1) is 8.25. The van der Waals surface area contributed by atoms with Crippen LogP contribution in [0.5, 0.6) is 0 Å². The molecular formula is C14H19NO2. The summed E-state index contributed by atoms with van der Waals surface area (Å²) in [5.41, 5.74) is 0. The highest BCUT2D eigenvalue weighted by atomic mass is 16.3. The Bertz CT molecular complexity index is 381. The second-order valence-corrected chi connectivity index (χ2v) is 4.73. The third-order valence-electron chi connectivity index (χ3n) is 3.38. The summed E-state index contributed by atoms with van der Waals surface area (Å²) in [6.07, 6.45) is 9.66. The minimum atomic E-state index is -0.0276. The molecule has 0 spiro atoms. The van der Waals surface area contributed by atoms with Gasteiger partial charge in [-0.25, -0.2) is 0 Å². The third-order valence-corrected chi connectivity index (χ3v) is 3.38. The van der Waals surface area contributed by atoms with Crippen LogP contribution in [0.1, 0.15) is 38.4 Å². The van der Waals surface area contributed by atoms with Gasteiger partial charge in [-0.2, -0.15) is 0 Å². The standard InChI is InChI=1S/C14H19NO2/c1-11-5-2-3-7-13(11)15-14(16)9-8-12-6-4-10-17-12/h4,6,8-11,13H,2-3,5,7H2,1H3,(H,15,16)/b9-8+/t11-,13-/m0/s1. The molecule has 1 heterocycles. The number of hydrogen-bond donors (Lipinski definition) is 1. The third kappa shape index (κ3) is 3.48. The molecule has 3 nitrogen and oxygen atoms in total. The second-order valence-electron chi connectivity index (χ2n) is 4.73. The number of furan rings is 1. The average molecular weight is 233 g/mol. The molecule has 2 rings (SSSR count). The summed E-state index contributed by atoms with van der Waals surface area (Å²) in [4.78, 5) is 11.7. The number of carbonyl (C=O) groups is 1. The normalized spacial score (nSPS) is 25.0. The predicted octanol–water partition coefficient (Wildman–Crippen LogP) is 2.99. The molecule has 1 saturated carbocycles. The fourth-order valence-electron chi connectivity index (χ4n) is 2.31. The molecule has 0 bridgehead atoms. The highest BCUT2D eigenvalue weighted by Gasteiger charge is 2.21. The van der Waals surface area contributed by atoms with Crippen molar-refractivity contribution in [3.05, 3.63) is 30.2 Å². The molecule has 0 saturated heterocycles. The van der Waals surface area contributed by atoms with Crippen molar-refractivity contribution in [1.29, 1.82) is 0 Å². The van der Waals surface area contributed by atoms with E-state index in [1.165, 1.54) is 19.3 Å². The monoisotopic (exact) mass is 233 g/mol. The van der Waals surface area contributed by atoms with Gasteiger partial charge in [0.05, 0.1) is 6.26 Å². The number of carbonyl (C=O) groups excluding carboxylic acids is 1. The van der Waals surface area contributed by atoms with E-state index < -0.39 is 0 Å². The van der Waals surface area contributed by atoms with Crippen molar-refractivity contribution in [3.63, 3.8) is 0 Å². The molecule has 1 fully saturated rings. The van der Waals surface area contributed by atoms with Crippen molar-refractivity contribution >= 4 is 12.0 Å². The van der Waals surface area contributed by atoms with E-state index in [-0.39, 0.29) is 5.91 Å². The Labute approximate surface area is 102 Å². The first-order valence-electron chi connectivity index (χ1n) is 6.28. The van der Waals surface area contributed by atoms with Crippen molar-refractivity contribution in [2.24, 2.45) is 5.92 Å². The minimum absolute atomic E-state index is 0.0276. The second kappa shape index (κ2) is 5.71. The molecule has 1 amide bonds. The maximum Gasteiger partial charge on any atom is 0.244 e. The fraction of sp³-hybridized carbons (Fsp3) is 0.500. The van der Waals surface area contributed by atoms with Crippen LogP contribution in [-0.4, -0.2) is 11.9 Å². The molecule has 0 aliphatic heterocycles. The van der Waals surface area contributed by atoms with Crippen LogP contribution < -0.4 is 5.32 Å². The first kappa shape index (κ1) is 12.0. The maximum atomic E-state index is 11.7. The Morgan fingerprint density at radius 2 is 2.29 bits per heavy atom. The minimum Gasteiger partial charge on any atom is -0.465 e. The maximum absolute atomic E-state index is 11.7. The summed E-state index contributed by atoms with van der Waals surface area (Å²) in [5.74, 6) is 1.27. The lowest BCUT2D eigenvalue weighted by Gasteiger charge is -2.29. The Morgan fingerprint density at radius 3 is 3.00 bits per heavy atom. The van der Waals surface area contributed by atoms with Crippen molar-refractivity contribution in [1.82, 2.24) is 5.32 Å². The zero-order chi connectivity index (χ0) is 12.1.